The molecule has 4 nitrogen and oxygen atoms in total. The average Bonchev–Trinajstić information content (AvgIpc) is 2.60. The predicted molar refractivity (Wildman–Crippen MR) is 63.9 cm³/mol. The van der Waals surface area contributed by atoms with Crippen molar-refractivity contribution >= 4 is 9.84 Å². The topological polar surface area (TPSA) is 59.3 Å². The third-order valence-corrected chi connectivity index (χ3v) is 3.39. The lowest BCUT2D eigenvalue weighted by Crippen LogP contribution is -2.10. The largest absolute Gasteiger partial charge is 0.388 e. The Balaban J connectivity index is 2.65. The van der Waals surface area contributed by atoms with E-state index in [1.54, 1.807) is 17.0 Å². The molecule has 0 saturated heterocycles. The Morgan fingerprint density at radius 3 is 2.56 bits per heavy atom. The first kappa shape index (κ1) is 13.3. The van der Waals surface area contributed by atoms with Crippen LogP contribution in [-0.4, -0.2) is 30.1 Å². The molecule has 0 aliphatic rings. The van der Waals surface area contributed by atoms with Gasteiger partial charge in [0.2, 0.25) is 0 Å². The molecule has 0 fully saturated rings. The van der Waals surface area contributed by atoms with Crippen molar-refractivity contribution in [2.24, 2.45) is 5.92 Å². The van der Waals surface area contributed by atoms with Gasteiger partial charge in [-0.1, -0.05) is 13.8 Å². The molecule has 1 aromatic heterocycles. The number of nitrogens with zero attached hydrogens (tertiary/aromatic N) is 1. The summed E-state index contributed by atoms with van der Waals surface area (Å²) in [4.78, 5) is 0. The third kappa shape index (κ3) is 3.98. The van der Waals surface area contributed by atoms with E-state index in [1.165, 1.54) is 6.26 Å². The van der Waals surface area contributed by atoms with E-state index < -0.39 is 15.9 Å². The second-order valence-electron chi connectivity index (χ2n) is 4.50. The maximum atomic E-state index is 11.0. The molecule has 1 heterocycles. The van der Waals surface area contributed by atoms with Crippen LogP contribution < -0.4 is 0 Å². The molecule has 0 aliphatic carbocycles. The zero-order valence-electron chi connectivity index (χ0n) is 9.92. The van der Waals surface area contributed by atoms with Gasteiger partial charge in [0.25, 0.3) is 0 Å². The van der Waals surface area contributed by atoms with Crippen molar-refractivity contribution in [2.75, 3.05) is 12.0 Å². The van der Waals surface area contributed by atoms with Gasteiger partial charge in [-0.05, 0) is 17.5 Å². The van der Waals surface area contributed by atoms with Crippen LogP contribution >= 0.6 is 0 Å². The van der Waals surface area contributed by atoms with Crippen LogP contribution in [0.4, 0.5) is 0 Å². The molecule has 0 aromatic carbocycles. The first-order valence-electron chi connectivity index (χ1n) is 5.31. The lowest BCUT2D eigenvalue weighted by molar-refractivity contribution is 0.127. The monoisotopic (exact) mass is 245 g/mol. The minimum absolute atomic E-state index is 0.124. The Morgan fingerprint density at radius 1 is 1.44 bits per heavy atom. The Morgan fingerprint density at radius 2 is 2.06 bits per heavy atom. The Bertz CT molecular complexity index is 434. The normalized spacial score (nSPS) is 14.3. The molecule has 16 heavy (non-hydrogen) atoms. The molecule has 1 atom stereocenters. The average molecular weight is 245 g/mol. The van der Waals surface area contributed by atoms with E-state index in [1.807, 2.05) is 19.9 Å². The molecule has 0 amide bonds. The van der Waals surface area contributed by atoms with Crippen molar-refractivity contribution in [3.8, 4) is 0 Å². The smallest absolute Gasteiger partial charge is 0.149 e. The molecule has 0 saturated carbocycles. The summed E-state index contributed by atoms with van der Waals surface area (Å²) in [6, 6.07) is 1.83. The number of aliphatic hydroxyl groups excluding tert-OH is 1. The van der Waals surface area contributed by atoms with Gasteiger partial charge in [-0.25, -0.2) is 8.42 Å². The van der Waals surface area contributed by atoms with E-state index >= 15 is 0 Å². The van der Waals surface area contributed by atoms with Gasteiger partial charge in [-0.3, -0.25) is 0 Å². The fourth-order valence-electron chi connectivity index (χ4n) is 1.43. The number of rotatable bonds is 5. The van der Waals surface area contributed by atoms with Crippen molar-refractivity contribution in [3.63, 3.8) is 0 Å². The second kappa shape index (κ2) is 5.01. The minimum Gasteiger partial charge on any atom is -0.388 e. The van der Waals surface area contributed by atoms with Crippen LogP contribution in [-0.2, 0) is 16.4 Å². The Kier molecular flexibility index (Phi) is 4.15. The van der Waals surface area contributed by atoms with Gasteiger partial charge < -0.3 is 9.67 Å². The molecular weight excluding hydrogens is 226 g/mol. The SMILES string of the molecule is CC(C)C(O)c1ccn(CCS(C)(=O)=O)c1. The van der Waals surface area contributed by atoms with Crippen molar-refractivity contribution in [1.82, 2.24) is 4.57 Å². The molecule has 1 N–H and O–H groups in total. The highest BCUT2D eigenvalue weighted by Crippen LogP contribution is 2.21. The van der Waals surface area contributed by atoms with Crippen LogP contribution in [0, 0.1) is 5.92 Å². The van der Waals surface area contributed by atoms with E-state index in [2.05, 4.69) is 0 Å². The van der Waals surface area contributed by atoms with Crippen molar-refractivity contribution in [2.45, 2.75) is 26.5 Å². The van der Waals surface area contributed by atoms with Crippen LogP contribution in [0.3, 0.4) is 0 Å². The van der Waals surface area contributed by atoms with E-state index in [0.29, 0.717) is 6.54 Å². The fourth-order valence-corrected chi connectivity index (χ4v) is 1.97. The fraction of sp³-hybridized carbons (Fsp3) is 0.636. The van der Waals surface area contributed by atoms with Gasteiger partial charge in [-0.15, -0.1) is 0 Å². The highest BCUT2D eigenvalue weighted by molar-refractivity contribution is 7.90. The summed E-state index contributed by atoms with van der Waals surface area (Å²) in [5.41, 5.74) is 0.837. The molecular formula is C11H19NO3S. The quantitative estimate of drug-likeness (QED) is 0.848. The molecule has 1 unspecified atom stereocenters. The van der Waals surface area contributed by atoms with Crippen LogP contribution in [0.1, 0.15) is 25.5 Å². The van der Waals surface area contributed by atoms with Gasteiger partial charge in [0.15, 0.2) is 0 Å². The Hall–Kier alpha value is -0.810. The van der Waals surface area contributed by atoms with E-state index in [-0.39, 0.29) is 11.7 Å². The summed E-state index contributed by atoms with van der Waals surface area (Å²) in [6.45, 7) is 4.32. The number of aromatic nitrogens is 1. The van der Waals surface area contributed by atoms with Gasteiger partial charge in [0, 0.05) is 25.2 Å². The van der Waals surface area contributed by atoms with Gasteiger partial charge in [-0.2, -0.15) is 0 Å². The zero-order valence-corrected chi connectivity index (χ0v) is 10.7. The molecule has 92 valence electrons. The predicted octanol–water partition coefficient (Wildman–Crippen LogP) is 1.22. The first-order chi connectivity index (χ1) is 7.29. The summed E-state index contributed by atoms with van der Waals surface area (Å²) in [5, 5.41) is 9.81. The van der Waals surface area contributed by atoms with Crippen LogP contribution in [0.2, 0.25) is 0 Å². The number of aryl methyl sites for hydroxylation is 1. The highest BCUT2D eigenvalue weighted by atomic mass is 32.2. The zero-order chi connectivity index (χ0) is 12.3. The van der Waals surface area contributed by atoms with E-state index in [4.69, 9.17) is 0 Å². The maximum absolute atomic E-state index is 11.0. The van der Waals surface area contributed by atoms with Gasteiger partial charge in [0.1, 0.15) is 9.84 Å². The molecule has 0 spiro atoms. The molecule has 1 rings (SSSR count). The molecule has 1 aromatic rings. The minimum atomic E-state index is -2.93. The summed E-state index contributed by atoms with van der Waals surface area (Å²) in [6.07, 6.45) is 4.34. The lowest BCUT2D eigenvalue weighted by atomic mass is 10.0. The highest BCUT2D eigenvalue weighted by Gasteiger charge is 2.13. The first-order valence-corrected chi connectivity index (χ1v) is 7.37. The standard InChI is InChI=1S/C11H19NO3S/c1-9(2)11(13)10-4-5-12(8-10)6-7-16(3,14)15/h4-5,8-9,11,13H,6-7H2,1-3H3. The molecule has 0 aliphatic heterocycles. The number of hydrogen-bond acceptors (Lipinski definition) is 3. The maximum Gasteiger partial charge on any atom is 0.149 e. The van der Waals surface area contributed by atoms with Crippen LogP contribution in [0.5, 0.6) is 0 Å². The second-order valence-corrected chi connectivity index (χ2v) is 6.76. The van der Waals surface area contributed by atoms with Gasteiger partial charge in [0.05, 0.1) is 11.9 Å². The van der Waals surface area contributed by atoms with E-state index in [0.717, 1.165) is 5.56 Å². The Labute approximate surface area is 96.8 Å². The third-order valence-electron chi connectivity index (χ3n) is 2.47. The van der Waals surface area contributed by atoms with Crippen molar-refractivity contribution in [1.29, 1.82) is 0 Å². The number of sulfone groups is 1. The molecule has 0 radical (unpaired) electrons. The van der Waals surface area contributed by atoms with Crippen LogP contribution in [0.25, 0.3) is 0 Å². The van der Waals surface area contributed by atoms with Crippen molar-refractivity contribution < 1.29 is 13.5 Å². The summed E-state index contributed by atoms with van der Waals surface area (Å²) in [7, 11) is -2.93. The number of hydrogen-bond donors (Lipinski definition) is 1. The summed E-state index contributed by atoms with van der Waals surface area (Å²) in [5.74, 6) is 0.282. The van der Waals surface area contributed by atoms with Gasteiger partial charge >= 0.3 is 0 Å². The van der Waals surface area contributed by atoms with Crippen molar-refractivity contribution in [3.05, 3.63) is 24.0 Å². The number of aliphatic hydroxyl groups is 1. The lowest BCUT2D eigenvalue weighted by Gasteiger charge is -2.12. The van der Waals surface area contributed by atoms with E-state index in [9.17, 15) is 13.5 Å². The molecule has 0 bridgehead atoms. The summed E-state index contributed by atoms with van der Waals surface area (Å²) >= 11 is 0. The molecule has 5 heteroatoms. The summed E-state index contributed by atoms with van der Waals surface area (Å²) < 4.78 is 23.8. The van der Waals surface area contributed by atoms with Crippen LogP contribution in [0.15, 0.2) is 18.5 Å².